The molecule has 2 amide bonds. The molecule has 6 heteroatoms. The first-order valence-corrected chi connectivity index (χ1v) is 9.37. The van der Waals surface area contributed by atoms with Gasteiger partial charge in [-0.2, -0.15) is 0 Å². The van der Waals surface area contributed by atoms with Gasteiger partial charge < -0.3 is 19.5 Å². The maximum atomic E-state index is 12.2. The summed E-state index contributed by atoms with van der Waals surface area (Å²) < 4.78 is 7.83. The predicted octanol–water partition coefficient (Wildman–Crippen LogP) is 1.95. The fourth-order valence-corrected chi connectivity index (χ4v) is 3.95. The SMILES string of the molecule is CCCCC(=O)N1CC2(C1)OCC[C@@H]2CCNC(=O)c1cccn1C. The third-order valence-electron chi connectivity index (χ3n) is 5.57. The second-order valence-electron chi connectivity index (χ2n) is 7.30. The van der Waals surface area contributed by atoms with Crippen LogP contribution in [0.2, 0.25) is 0 Å². The van der Waals surface area contributed by atoms with Gasteiger partial charge in [-0.1, -0.05) is 13.3 Å². The normalized spacial score (nSPS) is 21.4. The predicted molar refractivity (Wildman–Crippen MR) is 95.3 cm³/mol. The van der Waals surface area contributed by atoms with Gasteiger partial charge >= 0.3 is 0 Å². The van der Waals surface area contributed by atoms with Gasteiger partial charge in [-0.15, -0.1) is 0 Å². The summed E-state index contributed by atoms with van der Waals surface area (Å²) in [5.41, 5.74) is 0.506. The molecule has 2 saturated heterocycles. The third kappa shape index (κ3) is 3.73. The van der Waals surface area contributed by atoms with Crippen molar-refractivity contribution in [3.63, 3.8) is 0 Å². The van der Waals surface area contributed by atoms with E-state index in [4.69, 9.17) is 4.74 Å². The highest BCUT2D eigenvalue weighted by atomic mass is 16.5. The van der Waals surface area contributed by atoms with Gasteiger partial charge in [-0.3, -0.25) is 9.59 Å². The molecule has 6 nitrogen and oxygen atoms in total. The average Bonchev–Trinajstić information content (AvgIpc) is 3.17. The van der Waals surface area contributed by atoms with Gasteiger partial charge in [0.2, 0.25) is 5.91 Å². The van der Waals surface area contributed by atoms with Crippen LogP contribution in [0.15, 0.2) is 18.3 Å². The number of carbonyl (C=O) groups is 2. The number of aryl methyl sites for hydroxylation is 1. The van der Waals surface area contributed by atoms with Crippen molar-refractivity contribution in [1.82, 2.24) is 14.8 Å². The summed E-state index contributed by atoms with van der Waals surface area (Å²) in [7, 11) is 1.87. The zero-order valence-corrected chi connectivity index (χ0v) is 15.3. The molecule has 0 aliphatic carbocycles. The van der Waals surface area contributed by atoms with Crippen LogP contribution in [-0.4, -0.2) is 53.1 Å². The van der Waals surface area contributed by atoms with E-state index >= 15 is 0 Å². The topological polar surface area (TPSA) is 63.6 Å². The number of amides is 2. The molecular weight excluding hydrogens is 318 g/mol. The van der Waals surface area contributed by atoms with Crippen LogP contribution in [0.3, 0.4) is 0 Å². The van der Waals surface area contributed by atoms with Crippen LogP contribution < -0.4 is 5.32 Å². The maximum Gasteiger partial charge on any atom is 0.267 e. The summed E-state index contributed by atoms with van der Waals surface area (Å²) in [6, 6.07) is 3.69. The molecule has 1 atom stereocenters. The van der Waals surface area contributed by atoms with E-state index in [2.05, 4.69) is 12.2 Å². The van der Waals surface area contributed by atoms with E-state index in [1.54, 1.807) is 0 Å². The largest absolute Gasteiger partial charge is 0.371 e. The number of aromatic nitrogens is 1. The molecule has 1 aromatic heterocycles. The number of unbranched alkanes of at least 4 members (excludes halogenated alkanes) is 1. The monoisotopic (exact) mass is 347 g/mol. The molecule has 1 spiro atoms. The highest BCUT2D eigenvalue weighted by Gasteiger charge is 2.53. The molecule has 0 saturated carbocycles. The van der Waals surface area contributed by atoms with Crippen molar-refractivity contribution >= 4 is 11.8 Å². The Morgan fingerprint density at radius 2 is 2.20 bits per heavy atom. The Kier molecular flexibility index (Phi) is 5.47. The van der Waals surface area contributed by atoms with Crippen LogP contribution in [0.5, 0.6) is 0 Å². The first-order chi connectivity index (χ1) is 12.1. The molecule has 138 valence electrons. The lowest BCUT2D eigenvalue weighted by Gasteiger charge is -2.50. The van der Waals surface area contributed by atoms with E-state index in [9.17, 15) is 9.59 Å². The Labute approximate surface area is 149 Å². The highest BCUT2D eigenvalue weighted by molar-refractivity contribution is 5.92. The summed E-state index contributed by atoms with van der Waals surface area (Å²) in [5.74, 6) is 0.626. The zero-order chi connectivity index (χ0) is 17.9. The minimum Gasteiger partial charge on any atom is -0.371 e. The molecule has 3 heterocycles. The van der Waals surface area contributed by atoms with Gasteiger partial charge in [-0.05, 0) is 37.3 Å². The van der Waals surface area contributed by atoms with E-state index in [1.165, 1.54) is 0 Å². The Morgan fingerprint density at radius 3 is 2.88 bits per heavy atom. The van der Waals surface area contributed by atoms with Crippen molar-refractivity contribution in [3.8, 4) is 0 Å². The van der Waals surface area contributed by atoms with Crippen LogP contribution in [0.25, 0.3) is 0 Å². The van der Waals surface area contributed by atoms with Gasteiger partial charge in [-0.25, -0.2) is 0 Å². The fourth-order valence-electron chi connectivity index (χ4n) is 3.95. The molecule has 0 radical (unpaired) electrons. The number of nitrogens with zero attached hydrogens (tertiary/aromatic N) is 2. The summed E-state index contributed by atoms with van der Waals surface area (Å²) in [4.78, 5) is 26.2. The standard InChI is InChI=1S/C19H29N3O3/c1-3-4-7-17(23)22-13-19(14-22)15(9-12-25-19)8-10-20-18(24)16-6-5-11-21(16)2/h5-6,11,15H,3-4,7-10,12-14H2,1-2H3,(H,20,24)/t15-/m0/s1. The van der Waals surface area contributed by atoms with Crippen molar-refractivity contribution in [2.45, 2.75) is 44.6 Å². The Morgan fingerprint density at radius 1 is 1.40 bits per heavy atom. The molecule has 1 N–H and O–H groups in total. The minimum absolute atomic E-state index is 0.0366. The lowest BCUT2D eigenvalue weighted by atomic mass is 9.78. The van der Waals surface area contributed by atoms with Gasteiger partial charge in [0.05, 0.1) is 13.1 Å². The lowest BCUT2D eigenvalue weighted by Crippen LogP contribution is -2.66. The fraction of sp³-hybridized carbons (Fsp3) is 0.684. The van der Waals surface area contributed by atoms with E-state index in [1.807, 2.05) is 34.8 Å². The minimum atomic E-state index is -0.169. The van der Waals surface area contributed by atoms with Crippen molar-refractivity contribution in [2.24, 2.45) is 13.0 Å². The second kappa shape index (κ2) is 7.60. The molecule has 25 heavy (non-hydrogen) atoms. The number of nitrogens with one attached hydrogen (secondary N) is 1. The van der Waals surface area contributed by atoms with Crippen molar-refractivity contribution in [1.29, 1.82) is 0 Å². The summed E-state index contributed by atoms with van der Waals surface area (Å²) >= 11 is 0. The molecular formula is C19H29N3O3. The molecule has 3 rings (SSSR count). The second-order valence-corrected chi connectivity index (χ2v) is 7.30. The number of likely N-dealkylation sites (tertiary alicyclic amines) is 1. The molecule has 2 aliphatic heterocycles. The summed E-state index contributed by atoms with van der Waals surface area (Å²) in [6.07, 6.45) is 6.42. The first-order valence-electron chi connectivity index (χ1n) is 9.37. The smallest absolute Gasteiger partial charge is 0.267 e. The molecule has 0 unspecified atom stereocenters. The average molecular weight is 347 g/mol. The Balaban J connectivity index is 1.45. The highest BCUT2D eigenvalue weighted by Crippen LogP contribution is 2.41. The number of carbonyl (C=O) groups excluding carboxylic acids is 2. The van der Waals surface area contributed by atoms with Gasteiger partial charge in [0.1, 0.15) is 11.3 Å². The van der Waals surface area contributed by atoms with Gasteiger partial charge in [0.25, 0.3) is 5.91 Å². The first kappa shape index (κ1) is 18.0. The van der Waals surface area contributed by atoms with Crippen LogP contribution in [-0.2, 0) is 16.6 Å². The van der Waals surface area contributed by atoms with Crippen molar-refractivity contribution in [2.75, 3.05) is 26.2 Å². The van der Waals surface area contributed by atoms with E-state index in [0.29, 0.717) is 37.7 Å². The van der Waals surface area contributed by atoms with Crippen molar-refractivity contribution < 1.29 is 14.3 Å². The van der Waals surface area contributed by atoms with Crippen LogP contribution in [0.4, 0.5) is 0 Å². The van der Waals surface area contributed by atoms with Crippen LogP contribution in [0.1, 0.15) is 49.5 Å². The molecule has 0 bridgehead atoms. The quantitative estimate of drug-likeness (QED) is 0.820. The van der Waals surface area contributed by atoms with Crippen molar-refractivity contribution in [3.05, 3.63) is 24.0 Å². The van der Waals surface area contributed by atoms with E-state index in [0.717, 1.165) is 32.3 Å². The molecule has 0 aromatic carbocycles. The Bertz CT molecular complexity index is 619. The lowest BCUT2D eigenvalue weighted by molar-refractivity contribution is -0.165. The van der Waals surface area contributed by atoms with Gasteiger partial charge in [0.15, 0.2) is 0 Å². The maximum absolute atomic E-state index is 12.2. The number of ether oxygens (including phenoxy) is 1. The molecule has 2 aliphatic rings. The molecule has 2 fully saturated rings. The van der Waals surface area contributed by atoms with E-state index < -0.39 is 0 Å². The van der Waals surface area contributed by atoms with Crippen LogP contribution in [0, 0.1) is 5.92 Å². The number of hydrogen-bond donors (Lipinski definition) is 1. The van der Waals surface area contributed by atoms with E-state index in [-0.39, 0.29) is 17.4 Å². The zero-order valence-electron chi connectivity index (χ0n) is 15.3. The number of rotatable bonds is 7. The molecule has 1 aromatic rings. The Hall–Kier alpha value is -1.82. The van der Waals surface area contributed by atoms with Crippen LogP contribution >= 0.6 is 0 Å². The summed E-state index contributed by atoms with van der Waals surface area (Å²) in [6.45, 7) is 4.93. The summed E-state index contributed by atoms with van der Waals surface area (Å²) in [5, 5.41) is 3.00. The number of hydrogen-bond acceptors (Lipinski definition) is 3. The van der Waals surface area contributed by atoms with Gasteiger partial charge in [0, 0.05) is 32.8 Å². The third-order valence-corrected chi connectivity index (χ3v) is 5.57.